The summed E-state index contributed by atoms with van der Waals surface area (Å²) < 4.78 is 26.8. The van der Waals surface area contributed by atoms with Crippen LogP contribution in [0.25, 0.3) is 0 Å². The van der Waals surface area contributed by atoms with Crippen LogP contribution in [0, 0.1) is 0 Å². The Balaban J connectivity index is 2.02. The molecule has 0 aromatic heterocycles. The van der Waals surface area contributed by atoms with E-state index in [2.05, 4.69) is 26.0 Å². The average Bonchev–Trinajstić information content (AvgIpc) is 2.49. The summed E-state index contributed by atoms with van der Waals surface area (Å²) in [4.78, 5) is 12.1. The molecule has 0 aliphatic carbocycles. The summed E-state index contributed by atoms with van der Waals surface area (Å²) in [6, 6.07) is 13.6. The standard InChI is InChI=1S/C16H17BrN2O3S/c1-2-11-23(21,22)19-15-9-7-14(8-10-15)18-16(20)12-3-5-13(17)6-4-12/h3-10,19H,2,11H2,1H3,(H,18,20). The maximum atomic E-state index is 12.1. The van der Waals surface area contributed by atoms with Crippen LogP contribution in [0.1, 0.15) is 23.7 Å². The van der Waals surface area contributed by atoms with Gasteiger partial charge in [0.25, 0.3) is 5.91 Å². The van der Waals surface area contributed by atoms with Crippen LogP contribution in [0.5, 0.6) is 0 Å². The van der Waals surface area contributed by atoms with Gasteiger partial charge < -0.3 is 5.32 Å². The van der Waals surface area contributed by atoms with Gasteiger partial charge >= 0.3 is 0 Å². The van der Waals surface area contributed by atoms with Gasteiger partial charge in [-0.1, -0.05) is 22.9 Å². The summed E-state index contributed by atoms with van der Waals surface area (Å²) in [5, 5.41) is 2.76. The van der Waals surface area contributed by atoms with Crippen molar-refractivity contribution in [1.29, 1.82) is 0 Å². The molecule has 2 N–H and O–H groups in total. The molecule has 0 saturated carbocycles. The molecule has 2 rings (SSSR count). The number of anilines is 2. The second kappa shape index (κ2) is 7.61. The molecule has 1 amide bonds. The molecule has 0 unspecified atom stereocenters. The number of hydrogen-bond acceptors (Lipinski definition) is 3. The van der Waals surface area contributed by atoms with Gasteiger partial charge in [-0.3, -0.25) is 9.52 Å². The molecule has 0 heterocycles. The van der Waals surface area contributed by atoms with Crippen molar-refractivity contribution in [2.24, 2.45) is 0 Å². The minimum absolute atomic E-state index is 0.0784. The molecule has 5 nitrogen and oxygen atoms in total. The molecule has 0 fully saturated rings. The van der Waals surface area contributed by atoms with Gasteiger partial charge in [0.1, 0.15) is 0 Å². The van der Waals surface area contributed by atoms with Crippen LogP contribution in [0.2, 0.25) is 0 Å². The molecular formula is C16H17BrN2O3S. The van der Waals surface area contributed by atoms with E-state index in [1.165, 1.54) is 0 Å². The van der Waals surface area contributed by atoms with Gasteiger partial charge in [0, 0.05) is 21.4 Å². The SMILES string of the molecule is CCCS(=O)(=O)Nc1ccc(NC(=O)c2ccc(Br)cc2)cc1. The van der Waals surface area contributed by atoms with Crippen molar-refractivity contribution in [3.63, 3.8) is 0 Å². The van der Waals surface area contributed by atoms with E-state index in [4.69, 9.17) is 0 Å². The molecule has 23 heavy (non-hydrogen) atoms. The molecule has 0 saturated heterocycles. The van der Waals surface area contributed by atoms with Gasteiger partial charge in [0.2, 0.25) is 10.0 Å². The zero-order valence-corrected chi connectivity index (χ0v) is 14.9. The Morgan fingerprint density at radius 1 is 1.00 bits per heavy atom. The first-order valence-corrected chi connectivity index (χ1v) is 9.51. The first kappa shape index (κ1) is 17.5. The fourth-order valence-corrected chi connectivity index (χ4v) is 3.32. The van der Waals surface area contributed by atoms with Crippen LogP contribution >= 0.6 is 15.9 Å². The number of amides is 1. The number of nitrogens with one attached hydrogen (secondary N) is 2. The van der Waals surface area contributed by atoms with Crippen LogP contribution in [-0.2, 0) is 10.0 Å². The maximum absolute atomic E-state index is 12.1. The average molecular weight is 397 g/mol. The number of hydrogen-bond donors (Lipinski definition) is 2. The highest BCUT2D eigenvalue weighted by molar-refractivity contribution is 9.10. The highest BCUT2D eigenvalue weighted by Gasteiger charge is 2.09. The molecule has 122 valence electrons. The van der Waals surface area contributed by atoms with E-state index in [-0.39, 0.29) is 11.7 Å². The first-order chi connectivity index (χ1) is 10.9. The molecule has 0 aliphatic rings. The Morgan fingerprint density at radius 3 is 2.13 bits per heavy atom. The van der Waals surface area contributed by atoms with E-state index in [9.17, 15) is 13.2 Å². The molecule has 0 spiro atoms. The van der Waals surface area contributed by atoms with E-state index in [1.54, 1.807) is 55.5 Å². The minimum Gasteiger partial charge on any atom is -0.322 e. The zero-order valence-electron chi connectivity index (χ0n) is 12.5. The Morgan fingerprint density at radius 2 is 1.57 bits per heavy atom. The zero-order chi connectivity index (χ0) is 16.9. The van der Waals surface area contributed by atoms with E-state index >= 15 is 0 Å². The number of rotatable bonds is 6. The lowest BCUT2D eigenvalue weighted by Gasteiger charge is -2.09. The van der Waals surface area contributed by atoms with Crippen molar-refractivity contribution in [1.82, 2.24) is 0 Å². The third-order valence-corrected chi connectivity index (χ3v) is 5.02. The largest absolute Gasteiger partial charge is 0.322 e. The van der Waals surface area contributed by atoms with Crippen molar-refractivity contribution in [3.8, 4) is 0 Å². The minimum atomic E-state index is -3.31. The summed E-state index contributed by atoms with van der Waals surface area (Å²) in [5.74, 6) is -0.147. The highest BCUT2D eigenvalue weighted by atomic mass is 79.9. The second-order valence-corrected chi connectivity index (χ2v) is 7.72. The van der Waals surface area contributed by atoms with Crippen LogP contribution < -0.4 is 10.0 Å². The molecule has 0 atom stereocenters. The third kappa shape index (κ3) is 5.37. The van der Waals surface area contributed by atoms with E-state index < -0.39 is 10.0 Å². The lowest BCUT2D eigenvalue weighted by Crippen LogP contribution is -2.16. The van der Waals surface area contributed by atoms with Gasteiger partial charge in [0.15, 0.2) is 0 Å². The molecule has 2 aromatic carbocycles. The Bertz CT molecular complexity index is 772. The molecular weight excluding hydrogens is 380 g/mol. The number of carbonyl (C=O) groups excluding carboxylic acids is 1. The summed E-state index contributed by atoms with van der Waals surface area (Å²) in [6.07, 6.45) is 0.552. The van der Waals surface area contributed by atoms with Crippen molar-refractivity contribution >= 4 is 43.2 Å². The van der Waals surface area contributed by atoms with E-state index in [0.717, 1.165) is 4.47 Å². The number of sulfonamides is 1. The van der Waals surface area contributed by atoms with Crippen LogP contribution in [-0.4, -0.2) is 20.1 Å². The first-order valence-electron chi connectivity index (χ1n) is 7.07. The molecule has 0 radical (unpaired) electrons. The summed E-state index contributed by atoms with van der Waals surface area (Å²) in [6.45, 7) is 1.81. The Labute approximate surface area is 144 Å². The fraction of sp³-hybridized carbons (Fsp3) is 0.188. The van der Waals surface area contributed by atoms with Crippen LogP contribution in [0.15, 0.2) is 53.0 Å². The summed E-state index contributed by atoms with van der Waals surface area (Å²) in [7, 11) is -3.31. The Kier molecular flexibility index (Phi) is 5.79. The highest BCUT2D eigenvalue weighted by Crippen LogP contribution is 2.17. The summed E-state index contributed by atoms with van der Waals surface area (Å²) >= 11 is 3.32. The van der Waals surface area contributed by atoms with Crippen molar-refractivity contribution < 1.29 is 13.2 Å². The predicted octanol–water partition coefficient (Wildman–Crippen LogP) is 3.85. The topological polar surface area (TPSA) is 75.3 Å². The number of carbonyl (C=O) groups is 1. The fourth-order valence-electron chi connectivity index (χ4n) is 1.93. The van der Waals surface area contributed by atoms with E-state index in [0.29, 0.717) is 23.4 Å². The van der Waals surface area contributed by atoms with Crippen molar-refractivity contribution in [2.45, 2.75) is 13.3 Å². The monoisotopic (exact) mass is 396 g/mol. The van der Waals surface area contributed by atoms with Crippen molar-refractivity contribution in [3.05, 3.63) is 58.6 Å². The summed E-state index contributed by atoms with van der Waals surface area (Å²) in [5.41, 5.74) is 1.61. The molecule has 2 aromatic rings. The predicted molar refractivity (Wildman–Crippen MR) is 96.2 cm³/mol. The van der Waals surface area contributed by atoms with E-state index in [1.807, 2.05) is 0 Å². The van der Waals surface area contributed by atoms with Gasteiger partial charge in [-0.05, 0) is 55.0 Å². The molecule has 0 bridgehead atoms. The maximum Gasteiger partial charge on any atom is 0.255 e. The smallest absolute Gasteiger partial charge is 0.255 e. The van der Waals surface area contributed by atoms with Gasteiger partial charge in [-0.2, -0.15) is 0 Å². The lowest BCUT2D eigenvalue weighted by atomic mass is 10.2. The number of halogens is 1. The lowest BCUT2D eigenvalue weighted by molar-refractivity contribution is 0.102. The van der Waals surface area contributed by atoms with Gasteiger partial charge in [0.05, 0.1) is 5.75 Å². The quantitative estimate of drug-likeness (QED) is 0.778. The van der Waals surface area contributed by atoms with Gasteiger partial charge in [-0.15, -0.1) is 0 Å². The third-order valence-electron chi connectivity index (χ3n) is 3.00. The van der Waals surface area contributed by atoms with Crippen LogP contribution in [0.3, 0.4) is 0 Å². The van der Waals surface area contributed by atoms with Gasteiger partial charge in [-0.25, -0.2) is 8.42 Å². The van der Waals surface area contributed by atoms with Crippen molar-refractivity contribution in [2.75, 3.05) is 15.8 Å². The number of benzene rings is 2. The molecule has 0 aliphatic heterocycles. The Hall–Kier alpha value is -1.86. The van der Waals surface area contributed by atoms with Crippen LogP contribution in [0.4, 0.5) is 11.4 Å². The normalized spacial score (nSPS) is 11.0. The molecule has 7 heteroatoms. The second-order valence-electron chi connectivity index (χ2n) is 4.96.